The zero-order valence-electron chi connectivity index (χ0n) is 17.2. The van der Waals surface area contributed by atoms with Gasteiger partial charge in [0.05, 0.1) is 20.3 Å². The molecule has 1 amide bonds. The van der Waals surface area contributed by atoms with E-state index in [1.54, 1.807) is 24.3 Å². The van der Waals surface area contributed by atoms with Gasteiger partial charge >= 0.3 is 0 Å². The zero-order valence-corrected chi connectivity index (χ0v) is 17.2. The number of nitrogens with one attached hydrogen (secondary N) is 1. The van der Waals surface area contributed by atoms with Crippen LogP contribution in [0.25, 0.3) is 0 Å². The van der Waals surface area contributed by atoms with E-state index in [0.29, 0.717) is 23.6 Å². The van der Waals surface area contributed by atoms with Crippen LogP contribution < -0.4 is 14.8 Å². The van der Waals surface area contributed by atoms with E-state index in [2.05, 4.69) is 5.32 Å². The number of carbonyl (C=O) groups excluding carboxylic acids is 2. The number of amides is 1. The first kappa shape index (κ1) is 22.4. The van der Waals surface area contributed by atoms with Gasteiger partial charge in [0, 0.05) is 24.9 Å². The number of benzene rings is 2. The molecule has 0 aliphatic carbocycles. The van der Waals surface area contributed by atoms with Crippen LogP contribution in [0.5, 0.6) is 11.5 Å². The molecule has 1 atom stereocenters. The Balaban J connectivity index is 1.91. The van der Waals surface area contributed by atoms with Crippen LogP contribution in [-0.4, -0.2) is 51.5 Å². The van der Waals surface area contributed by atoms with Crippen LogP contribution in [0.4, 0.5) is 4.39 Å². The van der Waals surface area contributed by atoms with Gasteiger partial charge in [0.25, 0.3) is 0 Å². The zero-order chi connectivity index (χ0) is 21.4. The van der Waals surface area contributed by atoms with Crippen molar-refractivity contribution in [2.45, 2.75) is 18.9 Å². The predicted molar refractivity (Wildman–Crippen MR) is 109 cm³/mol. The van der Waals surface area contributed by atoms with E-state index in [1.807, 2.05) is 25.1 Å². The molecule has 0 bridgehead atoms. The summed E-state index contributed by atoms with van der Waals surface area (Å²) in [7, 11) is 6.75. The molecule has 0 aromatic heterocycles. The lowest BCUT2D eigenvalue weighted by Crippen LogP contribution is -2.34. The second-order valence-corrected chi connectivity index (χ2v) is 6.83. The minimum atomic E-state index is -0.318. The molecule has 0 spiro atoms. The molecular weight excluding hydrogens is 375 g/mol. The van der Waals surface area contributed by atoms with E-state index in [-0.39, 0.29) is 36.4 Å². The topological polar surface area (TPSA) is 67.9 Å². The molecule has 1 N–H and O–H groups in total. The Labute approximate surface area is 170 Å². The van der Waals surface area contributed by atoms with E-state index in [9.17, 15) is 14.0 Å². The number of nitrogens with zero attached hydrogens (tertiary/aromatic N) is 1. The predicted octanol–water partition coefficient (Wildman–Crippen LogP) is 3.22. The Hall–Kier alpha value is -2.93. The number of methoxy groups -OCH3 is 2. The van der Waals surface area contributed by atoms with E-state index < -0.39 is 0 Å². The lowest BCUT2D eigenvalue weighted by atomic mass is 10.0. The largest absolute Gasteiger partial charge is 0.493 e. The Morgan fingerprint density at radius 1 is 1.03 bits per heavy atom. The molecular formula is C22H27FN2O4. The number of Topliss-reactive ketones (excluding diaryl/α,β-unsaturated/α-hetero) is 1. The standard InChI is InChI=1S/C22H27FN2O4/c1-25(2)18(15-6-5-7-17(23)12-15)14-24-22(27)11-9-19(26)16-8-10-20(28-3)21(13-16)29-4/h5-8,10,12-13,18H,9,11,14H2,1-4H3,(H,24,27). The highest BCUT2D eigenvalue weighted by molar-refractivity contribution is 5.98. The van der Waals surface area contributed by atoms with Crippen molar-refractivity contribution < 1.29 is 23.5 Å². The van der Waals surface area contributed by atoms with Gasteiger partial charge in [0.15, 0.2) is 17.3 Å². The van der Waals surface area contributed by atoms with E-state index >= 15 is 0 Å². The summed E-state index contributed by atoms with van der Waals surface area (Å²) in [5, 5.41) is 2.83. The van der Waals surface area contributed by atoms with Gasteiger partial charge in [-0.15, -0.1) is 0 Å². The molecule has 2 aromatic rings. The number of hydrogen-bond acceptors (Lipinski definition) is 5. The van der Waals surface area contributed by atoms with E-state index in [0.717, 1.165) is 5.56 Å². The fourth-order valence-corrected chi connectivity index (χ4v) is 2.99. The highest BCUT2D eigenvalue weighted by Gasteiger charge is 2.17. The average Bonchev–Trinajstić information content (AvgIpc) is 2.71. The third-order valence-electron chi connectivity index (χ3n) is 4.63. The Morgan fingerprint density at radius 3 is 2.38 bits per heavy atom. The summed E-state index contributed by atoms with van der Waals surface area (Å²) in [4.78, 5) is 26.5. The first-order valence-corrected chi connectivity index (χ1v) is 9.29. The molecule has 7 heteroatoms. The SMILES string of the molecule is COc1ccc(C(=O)CCC(=O)NCC(c2cccc(F)c2)N(C)C)cc1OC. The van der Waals surface area contributed by atoms with Crippen LogP contribution in [-0.2, 0) is 4.79 Å². The first-order chi connectivity index (χ1) is 13.8. The number of likely N-dealkylation sites (N-methyl/N-ethyl adjacent to an activating group) is 1. The Kier molecular flexibility index (Phi) is 8.15. The highest BCUT2D eigenvalue weighted by atomic mass is 19.1. The maximum atomic E-state index is 13.5. The minimum Gasteiger partial charge on any atom is -0.493 e. The number of halogens is 1. The molecule has 0 aliphatic rings. The Bertz CT molecular complexity index is 854. The molecule has 0 heterocycles. The molecule has 0 saturated heterocycles. The van der Waals surface area contributed by atoms with Crippen LogP contribution in [0, 0.1) is 5.82 Å². The van der Waals surface area contributed by atoms with Gasteiger partial charge in [-0.05, 0) is 50.0 Å². The summed E-state index contributed by atoms with van der Waals surface area (Å²) < 4.78 is 23.9. The third-order valence-corrected chi connectivity index (χ3v) is 4.63. The number of carbonyl (C=O) groups is 2. The van der Waals surface area contributed by atoms with Gasteiger partial charge in [0.2, 0.25) is 5.91 Å². The molecule has 6 nitrogen and oxygen atoms in total. The van der Waals surface area contributed by atoms with E-state index in [1.165, 1.54) is 26.4 Å². The summed E-state index contributed by atoms with van der Waals surface area (Å²) in [5.74, 6) is 0.291. The van der Waals surface area contributed by atoms with Crippen LogP contribution in [0.15, 0.2) is 42.5 Å². The van der Waals surface area contributed by atoms with Crippen molar-refractivity contribution in [2.24, 2.45) is 0 Å². The maximum absolute atomic E-state index is 13.5. The first-order valence-electron chi connectivity index (χ1n) is 9.29. The van der Waals surface area contributed by atoms with Crippen molar-refractivity contribution in [1.82, 2.24) is 10.2 Å². The lowest BCUT2D eigenvalue weighted by Gasteiger charge is -2.25. The molecule has 2 aromatic carbocycles. The van der Waals surface area contributed by atoms with Gasteiger partial charge in [-0.3, -0.25) is 9.59 Å². The van der Waals surface area contributed by atoms with Crippen LogP contribution >= 0.6 is 0 Å². The molecule has 0 aliphatic heterocycles. The van der Waals surface area contributed by atoms with Crippen LogP contribution in [0.2, 0.25) is 0 Å². The van der Waals surface area contributed by atoms with Crippen molar-refractivity contribution in [1.29, 1.82) is 0 Å². The molecule has 0 saturated carbocycles. The smallest absolute Gasteiger partial charge is 0.220 e. The summed E-state index contributed by atoms with van der Waals surface area (Å²) >= 11 is 0. The molecule has 29 heavy (non-hydrogen) atoms. The van der Waals surface area contributed by atoms with E-state index in [4.69, 9.17) is 9.47 Å². The van der Waals surface area contributed by atoms with Gasteiger partial charge < -0.3 is 19.7 Å². The average molecular weight is 402 g/mol. The van der Waals surface area contributed by atoms with Crippen molar-refractivity contribution in [3.05, 3.63) is 59.4 Å². The number of ketones is 1. The molecule has 156 valence electrons. The van der Waals surface area contributed by atoms with Crippen molar-refractivity contribution in [3.63, 3.8) is 0 Å². The second kappa shape index (κ2) is 10.6. The Morgan fingerprint density at radius 2 is 1.76 bits per heavy atom. The van der Waals surface area contributed by atoms with Crippen LogP contribution in [0.1, 0.15) is 34.8 Å². The van der Waals surface area contributed by atoms with Gasteiger partial charge in [-0.1, -0.05) is 12.1 Å². The lowest BCUT2D eigenvalue weighted by molar-refractivity contribution is -0.121. The van der Waals surface area contributed by atoms with Crippen molar-refractivity contribution in [3.8, 4) is 11.5 Å². The van der Waals surface area contributed by atoms with Crippen molar-refractivity contribution in [2.75, 3.05) is 34.9 Å². The quantitative estimate of drug-likeness (QED) is 0.618. The summed E-state index contributed by atoms with van der Waals surface area (Å²) in [6.45, 7) is 0.319. The normalized spacial score (nSPS) is 11.8. The van der Waals surface area contributed by atoms with Gasteiger partial charge in [-0.25, -0.2) is 4.39 Å². The molecule has 0 radical (unpaired) electrons. The number of hydrogen-bond donors (Lipinski definition) is 1. The van der Waals surface area contributed by atoms with Gasteiger partial charge in [-0.2, -0.15) is 0 Å². The summed E-state index contributed by atoms with van der Waals surface area (Å²) in [5.41, 5.74) is 1.23. The fourth-order valence-electron chi connectivity index (χ4n) is 2.99. The summed E-state index contributed by atoms with van der Waals surface area (Å²) in [6, 6.07) is 11.0. The highest BCUT2D eigenvalue weighted by Crippen LogP contribution is 2.28. The molecule has 0 fully saturated rings. The fraction of sp³-hybridized carbons (Fsp3) is 0.364. The maximum Gasteiger partial charge on any atom is 0.220 e. The monoisotopic (exact) mass is 402 g/mol. The van der Waals surface area contributed by atoms with Gasteiger partial charge in [0.1, 0.15) is 5.82 Å². The second-order valence-electron chi connectivity index (χ2n) is 6.83. The van der Waals surface area contributed by atoms with Crippen LogP contribution in [0.3, 0.4) is 0 Å². The molecule has 2 rings (SSSR count). The molecule has 1 unspecified atom stereocenters. The minimum absolute atomic E-state index is 0.0659. The number of rotatable bonds is 10. The third kappa shape index (κ3) is 6.29. The van der Waals surface area contributed by atoms with Crippen molar-refractivity contribution >= 4 is 11.7 Å². The number of ether oxygens (including phenoxy) is 2. The summed E-state index contributed by atoms with van der Waals surface area (Å²) in [6.07, 6.45) is 0.143.